The lowest BCUT2D eigenvalue weighted by Crippen LogP contribution is -2.49. The van der Waals surface area contributed by atoms with E-state index in [4.69, 9.17) is 4.74 Å². The number of pyridine rings is 1. The molecule has 2 heterocycles. The zero-order valence-electron chi connectivity index (χ0n) is 20.2. The molecule has 0 aliphatic heterocycles. The molecule has 1 aliphatic rings. The first-order chi connectivity index (χ1) is 16.8. The van der Waals surface area contributed by atoms with E-state index in [0.29, 0.717) is 17.1 Å². The van der Waals surface area contributed by atoms with E-state index in [0.717, 1.165) is 37.1 Å². The molecule has 3 aromatic rings. The lowest BCUT2D eigenvalue weighted by atomic mass is 9.90. The van der Waals surface area contributed by atoms with Gasteiger partial charge in [0.25, 0.3) is 0 Å². The molecule has 2 atom stereocenters. The number of ether oxygens (including phenoxy) is 1. The second kappa shape index (κ2) is 10.4. The summed E-state index contributed by atoms with van der Waals surface area (Å²) >= 11 is 0. The number of benzene rings is 1. The van der Waals surface area contributed by atoms with Crippen LogP contribution in [-0.4, -0.2) is 43.8 Å². The van der Waals surface area contributed by atoms with Crippen LogP contribution >= 0.6 is 0 Å². The van der Waals surface area contributed by atoms with Gasteiger partial charge in [-0.3, -0.25) is 0 Å². The van der Waals surface area contributed by atoms with Gasteiger partial charge in [-0.15, -0.1) is 0 Å². The Morgan fingerprint density at radius 3 is 2.60 bits per heavy atom. The Labute approximate surface area is 204 Å². The molecule has 0 unspecified atom stereocenters. The highest BCUT2D eigenvalue weighted by atomic mass is 16.6. The quantitative estimate of drug-likeness (QED) is 0.475. The Bertz CT molecular complexity index is 1200. The maximum absolute atomic E-state index is 12.3. The van der Waals surface area contributed by atoms with Crippen LogP contribution in [0.25, 0.3) is 5.69 Å². The molecular formula is C25H30N8O2. The van der Waals surface area contributed by atoms with Crippen LogP contribution in [0.15, 0.2) is 48.9 Å². The lowest BCUT2D eigenvalue weighted by Gasteiger charge is -2.33. The Balaban J connectivity index is 1.50. The Hall–Kier alpha value is -4.13. The fraction of sp³-hybridized carbons (Fsp3) is 0.400. The summed E-state index contributed by atoms with van der Waals surface area (Å²) in [7, 11) is 0. The molecule has 0 spiro atoms. The Kier molecular flexibility index (Phi) is 7.15. The second-order valence-electron chi connectivity index (χ2n) is 9.51. The average Bonchev–Trinajstić information content (AvgIpc) is 3.35. The van der Waals surface area contributed by atoms with Crippen molar-refractivity contribution in [3.63, 3.8) is 0 Å². The fourth-order valence-corrected chi connectivity index (χ4v) is 4.06. The molecule has 1 amide bonds. The third-order valence-electron chi connectivity index (χ3n) is 5.60. The summed E-state index contributed by atoms with van der Waals surface area (Å²) in [4.78, 5) is 18.3. The number of alkyl carbamates (subject to hydrolysis) is 1. The third-order valence-corrected chi connectivity index (χ3v) is 5.60. The lowest BCUT2D eigenvalue weighted by molar-refractivity contribution is 0.0488. The van der Waals surface area contributed by atoms with Crippen molar-refractivity contribution >= 4 is 23.3 Å². The number of nitriles is 1. The van der Waals surface area contributed by atoms with E-state index in [1.807, 2.05) is 51.1 Å². The summed E-state index contributed by atoms with van der Waals surface area (Å²) in [5.74, 6) is 0.624. The van der Waals surface area contributed by atoms with Crippen LogP contribution < -0.4 is 16.0 Å². The highest BCUT2D eigenvalue weighted by Gasteiger charge is 2.28. The van der Waals surface area contributed by atoms with Crippen LogP contribution in [-0.2, 0) is 4.74 Å². The molecule has 10 heteroatoms. The van der Waals surface area contributed by atoms with Crippen molar-refractivity contribution in [1.29, 1.82) is 5.26 Å². The number of hydrogen-bond donors (Lipinski definition) is 3. The second-order valence-corrected chi connectivity index (χ2v) is 9.51. The van der Waals surface area contributed by atoms with Crippen LogP contribution in [0.3, 0.4) is 0 Å². The van der Waals surface area contributed by atoms with E-state index in [2.05, 4.69) is 37.2 Å². The molecule has 0 saturated heterocycles. The predicted molar refractivity (Wildman–Crippen MR) is 133 cm³/mol. The van der Waals surface area contributed by atoms with E-state index in [1.165, 1.54) is 4.80 Å². The van der Waals surface area contributed by atoms with E-state index >= 15 is 0 Å². The van der Waals surface area contributed by atoms with Gasteiger partial charge in [-0.25, -0.2) is 9.78 Å². The highest BCUT2D eigenvalue weighted by molar-refractivity contribution is 5.70. The van der Waals surface area contributed by atoms with Gasteiger partial charge in [0, 0.05) is 24.0 Å². The smallest absolute Gasteiger partial charge is 0.407 e. The van der Waals surface area contributed by atoms with Crippen molar-refractivity contribution in [1.82, 2.24) is 25.3 Å². The molecule has 1 aliphatic carbocycles. The summed E-state index contributed by atoms with van der Waals surface area (Å²) in [6.07, 6.45) is 8.19. The number of rotatable bonds is 6. The zero-order chi connectivity index (χ0) is 24.8. The Morgan fingerprint density at radius 1 is 1.14 bits per heavy atom. The van der Waals surface area contributed by atoms with Gasteiger partial charge in [-0.05, 0) is 51.8 Å². The van der Waals surface area contributed by atoms with Crippen molar-refractivity contribution in [3.8, 4) is 11.8 Å². The topological polar surface area (TPSA) is 130 Å². The molecule has 1 saturated carbocycles. The number of nitrogens with zero attached hydrogens (tertiary/aromatic N) is 5. The van der Waals surface area contributed by atoms with E-state index in [1.54, 1.807) is 18.6 Å². The maximum atomic E-state index is 12.3. The molecule has 35 heavy (non-hydrogen) atoms. The van der Waals surface area contributed by atoms with E-state index < -0.39 is 11.7 Å². The van der Waals surface area contributed by atoms with Crippen LogP contribution in [0.2, 0.25) is 0 Å². The van der Waals surface area contributed by atoms with Crippen LogP contribution in [0.5, 0.6) is 0 Å². The van der Waals surface area contributed by atoms with Gasteiger partial charge in [-0.1, -0.05) is 18.9 Å². The molecule has 10 nitrogen and oxygen atoms in total. The minimum absolute atomic E-state index is 0.00114. The minimum Gasteiger partial charge on any atom is -0.444 e. The van der Waals surface area contributed by atoms with Crippen LogP contribution in [0.4, 0.5) is 22.0 Å². The summed E-state index contributed by atoms with van der Waals surface area (Å²) in [6.45, 7) is 5.54. The number of carbonyl (C=O) groups excluding carboxylic acids is 1. The average molecular weight is 475 g/mol. The van der Waals surface area contributed by atoms with Crippen molar-refractivity contribution in [2.24, 2.45) is 0 Å². The summed E-state index contributed by atoms with van der Waals surface area (Å²) in [6, 6.07) is 11.5. The highest BCUT2D eigenvalue weighted by Crippen LogP contribution is 2.27. The monoisotopic (exact) mass is 474 g/mol. The first-order valence-electron chi connectivity index (χ1n) is 11.7. The van der Waals surface area contributed by atoms with Crippen LogP contribution in [0.1, 0.15) is 52.0 Å². The number of carbonyl (C=O) groups is 1. The molecule has 0 bridgehead atoms. The summed E-state index contributed by atoms with van der Waals surface area (Å²) in [5.41, 5.74) is 2.08. The van der Waals surface area contributed by atoms with Crippen molar-refractivity contribution in [2.75, 3.05) is 10.6 Å². The number of anilines is 3. The fourth-order valence-electron chi connectivity index (χ4n) is 4.06. The summed E-state index contributed by atoms with van der Waals surface area (Å²) in [5, 5.41) is 27.7. The van der Waals surface area contributed by atoms with Gasteiger partial charge < -0.3 is 20.7 Å². The number of hydrogen-bond acceptors (Lipinski definition) is 8. The summed E-state index contributed by atoms with van der Waals surface area (Å²) < 4.78 is 5.44. The van der Waals surface area contributed by atoms with E-state index in [-0.39, 0.29) is 12.1 Å². The van der Waals surface area contributed by atoms with E-state index in [9.17, 15) is 10.1 Å². The minimum atomic E-state index is -0.554. The first-order valence-corrected chi connectivity index (χ1v) is 11.7. The van der Waals surface area contributed by atoms with Gasteiger partial charge in [0.05, 0.1) is 35.4 Å². The van der Waals surface area contributed by atoms with Crippen molar-refractivity contribution in [2.45, 2.75) is 64.1 Å². The predicted octanol–water partition coefficient (Wildman–Crippen LogP) is 4.53. The van der Waals surface area contributed by atoms with Crippen molar-refractivity contribution < 1.29 is 9.53 Å². The van der Waals surface area contributed by atoms with Gasteiger partial charge in [-0.2, -0.15) is 20.3 Å². The molecule has 182 valence electrons. The maximum Gasteiger partial charge on any atom is 0.407 e. The molecule has 1 fully saturated rings. The first kappa shape index (κ1) is 24.0. The van der Waals surface area contributed by atoms with Gasteiger partial charge in [0.2, 0.25) is 0 Å². The number of nitrogens with one attached hydrogen (secondary N) is 3. The largest absolute Gasteiger partial charge is 0.444 e. The van der Waals surface area contributed by atoms with Crippen molar-refractivity contribution in [3.05, 3.63) is 54.5 Å². The molecule has 0 radical (unpaired) electrons. The SMILES string of the molecule is CC(C)(C)OC(=O)N[C@H]1CCCC[C@H]1Nc1cc(Nc2cccc(-n3nccn3)c2)c(C#N)cn1. The third kappa shape index (κ3) is 6.47. The molecule has 3 N–H and O–H groups in total. The molecule has 4 rings (SSSR count). The number of aromatic nitrogens is 4. The molecule has 1 aromatic carbocycles. The van der Waals surface area contributed by atoms with Gasteiger partial charge >= 0.3 is 6.09 Å². The zero-order valence-corrected chi connectivity index (χ0v) is 20.2. The standard InChI is InChI=1S/C25H30N8O2/c1-25(2,3)35-24(34)32-21-10-5-4-9-20(21)31-23-14-22(17(15-26)16-27-23)30-18-7-6-8-19(13-18)33-28-11-12-29-33/h6-8,11-14,16,20-21H,4-5,9-10H2,1-3H3,(H,32,34)(H2,27,30,31)/t20-,21+/m1/s1. The normalized spacial score (nSPS) is 17.8. The molecular weight excluding hydrogens is 444 g/mol. The Morgan fingerprint density at radius 2 is 1.89 bits per heavy atom. The van der Waals surface area contributed by atoms with Gasteiger partial charge in [0.1, 0.15) is 17.5 Å². The van der Waals surface area contributed by atoms with Gasteiger partial charge in [0.15, 0.2) is 0 Å². The number of amides is 1. The molecule has 2 aromatic heterocycles. The van der Waals surface area contributed by atoms with Crippen LogP contribution in [0, 0.1) is 11.3 Å².